The number of hydrogen-bond acceptors (Lipinski definition) is 7. The van der Waals surface area contributed by atoms with Crippen LogP contribution < -0.4 is 10.1 Å². The largest absolute Gasteiger partial charge is 0.457 e. The number of nitro groups is 2. The second-order valence-electron chi connectivity index (χ2n) is 6.83. The van der Waals surface area contributed by atoms with Gasteiger partial charge in [-0.15, -0.1) is 0 Å². The zero-order valence-electron chi connectivity index (χ0n) is 17.0. The molecule has 0 spiro atoms. The lowest BCUT2D eigenvalue weighted by molar-refractivity contribution is -0.385. The lowest BCUT2D eigenvalue weighted by Gasteiger charge is -2.16. The van der Waals surface area contributed by atoms with Crippen LogP contribution in [-0.4, -0.2) is 25.5 Å². The predicted molar refractivity (Wildman–Crippen MR) is 116 cm³/mol. The van der Waals surface area contributed by atoms with Crippen molar-refractivity contribution in [3.05, 3.63) is 79.6 Å². The van der Waals surface area contributed by atoms with Crippen LogP contribution in [0.5, 0.6) is 11.5 Å². The summed E-state index contributed by atoms with van der Waals surface area (Å²) >= 11 is 5.95. The minimum Gasteiger partial charge on any atom is -0.457 e. The molecule has 1 N–H and O–H groups in total. The SMILES string of the molecule is CCC(C(=O)Nc1cc(Oc2ccc(Cl)cc2C)cc([N+](=O)[O-])c1)n1cc([N+](=O)[O-])cn1. The zero-order valence-corrected chi connectivity index (χ0v) is 17.8. The van der Waals surface area contributed by atoms with Gasteiger partial charge in [-0.1, -0.05) is 18.5 Å². The van der Waals surface area contributed by atoms with E-state index in [1.54, 1.807) is 32.0 Å². The molecule has 0 aliphatic rings. The number of aryl methyl sites for hydroxylation is 1. The second kappa shape index (κ2) is 9.43. The van der Waals surface area contributed by atoms with Crippen molar-refractivity contribution in [1.82, 2.24) is 9.78 Å². The van der Waals surface area contributed by atoms with E-state index < -0.39 is 21.8 Å². The van der Waals surface area contributed by atoms with E-state index in [-0.39, 0.29) is 29.2 Å². The predicted octanol–water partition coefficient (Wildman–Crippen LogP) is 5.04. The number of halogens is 1. The Morgan fingerprint density at radius 3 is 2.50 bits per heavy atom. The molecule has 0 aliphatic carbocycles. The Hall–Kier alpha value is -3.99. The van der Waals surface area contributed by atoms with Crippen molar-refractivity contribution in [2.24, 2.45) is 0 Å². The van der Waals surface area contributed by atoms with E-state index in [4.69, 9.17) is 16.3 Å². The molecule has 0 fully saturated rings. The Bertz CT molecular complexity index is 1190. The van der Waals surface area contributed by atoms with E-state index in [0.717, 1.165) is 18.0 Å². The van der Waals surface area contributed by atoms with E-state index >= 15 is 0 Å². The van der Waals surface area contributed by atoms with E-state index in [2.05, 4.69) is 10.4 Å². The Balaban J connectivity index is 1.87. The number of carbonyl (C=O) groups excluding carboxylic acids is 1. The molecule has 1 unspecified atom stereocenters. The molecular weight excluding hydrogens is 442 g/mol. The van der Waals surface area contributed by atoms with Gasteiger partial charge in [0.15, 0.2) is 0 Å². The first-order valence-corrected chi connectivity index (χ1v) is 9.78. The van der Waals surface area contributed by atoms with Crippen molar-refractivity contribution >= 4 is 34.6 Å². The monoisotopic (exact) mass is 459 g/mol. The summed E-state index contributed by atoms with van der Waals surface area (Å²) in [6, 6.07) is 7.95. The number of non-ortho nitro benzene ring substituents is 1. The third kappa shape index (κ3) is 5.19. The van der Waals surface area contributed by atoms with E-state index in [9.17, 15) is 25.0 Å². The van der Waals surface area contributed by atoms with Crippen LogP contribution >= 0.6 is 11.6 Å². The van der Waals surface area contributed by atoms with Crippen molar-refractivity contribution in [3.8, 4) is 11.5 Å². The molecule has 1 atom stereocenters. The molecule has 1 heterocycles. The van der Waals surface area contributed by atoms with Crippen LogP contribution in [0.4, 0.5) is 17.1 Å². The van der Waals surface area contributed by atoms with Crippen molar-refractivity contribution in [3.63, 3.8) is 0 Å². The average Bonchev–Trinajstić information content (AvgIpc) is 3.20. The van der Waals surface area contributed by atoms with Crippen LogP contribution in [0.1, 0.15) is 24.9 Å². The molecule has 2 aromatic carbocycles. The summed E-state index contributed by atoms with van der Waals surface area (Å²) in [5, 5.41) is 29.3. The van der Waals surface area contributed by atoms with E-state index in [1.165, 1.54) is 22.9 Å². The summed E-state index contributed by atoms with van der Waals surface area (Å²) in [7, 11) is 0. The van der Waals surface area contributed by atoms with Crippen LogP contribution in [0.15, 0.2) is 48.8 Å². The summed E-state index contributed by atoms with van der Waals surface area (Å²) in [5.74, 6) is 0.0461. The number of rotatable bonds is 8. The summed E-state index contributed by atoms with van der Waals surface area (Å²) in [5.41, 5.74) is 0.319. The van der Waals surface area contributed by atoms with Crippen molar-refractivity contribution in [2.45, 2.75) is 26.3 Å². The Morgan fingerprint density at radius 2 is 1.91 bits per heavy atom. The van der Waals surface area contributed by atoms with Crippen LogP contribution in [0.2, 0.25) is 5.02 Å². The smallest absolute Gasteiger partial charge is 0.307 e. The molecule has 1 amide bonds. The minimum absolute atomic E-state index is 0.130. The number of ether oxygens (including phenoxy) is 1. The number of carbonyl (C=O) groups is 1. The number of aromatic nitrogens is 2. The fraction of sp³-hybridized carbons (Fsp3) is 0.200. The molecule has 11 nitrogen and oxygen atoms in total. The van der Waals surface area contributed by atoms with Crippen molar-refractivity contribution in [1.29, 1.82) is 0 Å². The number of anilines is 1. The van der Waals surface area contributed by atoms with Gasteiger partial charge in [0.2, 0.25) is 5.91 Å². The van der Waals surface area contributed by atoms with Crippen LogP contribution in [-0.2, 0) is 4.79 Å². The highest BCUT2D eigenvalue weighted by atomic mass is 35.5. The lowest BCUT2D eigenvalue weighted by Crippen LogP contribution is -2.26. The van der Waals surface area contributed by atoms with Gasteiger partial charge in [-0.25, -0.2) is 0 Å². The van der Waals surface area contributed by atoms with Gasteiger partial charge in [-0.05, 0) is 37.1 Å². The minimum atomic E-state index is -0.856. The lowest BCUT2D eigenvalue weighted by atomic mass is 10.2. The summed E-state index contributed by atoms with van der Waals surface area (Å²) in [4.78, 5) is 33.8. The number of nitro benzene ring substituents is 1. The maximum Gasteiger partial charge on any atom is 0.307 e. The maximum absolute atomic E-state index is 12.8. The molecule has 0 bridgehead atoms. The quantitative estimate of drug-likeness (QED) is 0.367. The zero-order chi connectivity index (χ0) is 23.4. The fourth-order valence-corrected chi connectivity index (χ4v) is 3.21. The number of nitrogens with zero attached hydrogens (tertiary/aromatic N) is 4. The van der Waals surface area contributed by atoms with Gasteiger partial charge < -0.3 is 10.1 Å². The van der Waals surface area contributed by atoms with Gasteiger partial charge >= 0.3 is 5.69 Å². The molecule has 166 valence electrons. The molecule has 0 saturated carbocycles. The summed E-state index contributed by atoms with van der Waals surface area (Å²) < 4.78 is 6.95. The molecule has 3 aromatic rings. The molecule has 12 heteroatoms. The topological polar surface area (TPSA) is 142 Å². The fourth-order valence-electron chi connectivity index (χ4n) is 2.99. The molecule has 0 saturated heterocycles. The van der Waals surface area contributed by atoms with Crippen LogP contribution in [0.3, 0.4) is 0 Å². The van der Waals surface area contributed by atoms with E-state index in [1.807, 2.05) is 0 Å². The summed E-state index contributed by atoms with van der Waals surface area (Å²) in [6.45, 7) is 3.49. The normalized spacial score (nSPS) is 11.6. The molecule has 3 rings (SSSR count). The highest BCUT2D eigenvalue weighted by molar-refractivity contribution is 6.30. The first-order valence-electron chi connectivity index (χ1n) is 9.40. The first-order chi connectivity index (χ1) is 15.2. The van der Waals surface area contributed by atoms with Gasteiger partial charge in [0, 0.05) is 17.2 Å². The highest BCUT2D eigenvalue weighted by Crippen LogP contribution is 2.32. The first kappa shape index (κ1) is 22.7. The standard InChI is InChI=1S/C20H18ClN5O6/c1-3-18(24-11-16(10-22-24)26(30)31)20(27)23-14-7-15(25(28)29)9-17(8-14)32-19-5-4-13(21)6-12(19)2/h4-11,18H,3H2,1-2H3,(H,23,27). The number of amides is 1. The molecule has 32 heavy (non-hydrogen) atoms. The maximum atomic E-state index is 12.8. The Labute approximate surface area is 186 Å². The third-order valence-electron chi connectivity index (χ3n) is 4.54. The van der Waals surface area contributed by atoms with Gasteiger partial charge in [0.05, 0.1) is 21.6 Å². The van der Waals surface area contributed by atoms with Crippen LogP contribution in [0, 0.1) is 27.2 Å². The Morgan fingerprint density at radius 1 is 1.19 bits per heavy atom. The molecular formula is C20H18ClN5O6. The summed E-state index contributed by atoms with van der Waals surface area (Å²) in [6.07, 6.45) is 2.48. The molecule has 0 radical (unpaired) electrons. The average molecular weight is 460 g/mol. The Kier molecular flexibility index (Phi) is 6.69. The van der Waals surface area contributed by atoms with Gasteiger partial charge in [0.1, 0.15) is 29.9 Å². The number of benzene rings is 2. The van der Waals surface area contributed by atoms with Gasteiger partial charge in [-0.3, -0.25) is 29.7 Å². The van der Waals surface area contributed by atoms with Crippen LogP contribution in [0.25, 0.3) is 0 Å². The molecule has 1 aromatic heterocycles. The second-order valence-corrected chi connectivity index (χ2v) is 7.27. The highest BCUT2D eigenvalue weighted by Gasteiger charge is 2.23. The van der Waals surface area contributed by atoms with Crippen molar-refractivity contribution in [2.75, 3.05) is 5.32 Å². The third-order valence-corrected chi connectivity index (χ3v) is 4.78. The number of nitrogens with one attached hydrogen (secondary N) is 1. The molecule has 0 aliphatic heterocycles. The van der Waals surface area contributed by atoms with Gasteiger partial charge in [-0.2, -0.15) is 5.10 Å². The number of hydrogen-bond donors (Lipinski definition) is 1. The van der Waals surface area contributed by atoms with Gasteiger partial charge in [0.25, 0.3) is 5.69 Å². The van der Waals surface area contributed by atoms with E-state index in [0.29, 0.717) is 10.8 Å². The van der Waals surface area contributed by atoms with Crippen molar-refractivity contribution < 1.29 is 19.4 Å².